The van der Waals surface area contributed by atoms with Crippen LogP contribution < -0.4 is 5.32 Å². The summed E-state index contributed by atoms with van der Waals surface area (Å²) < 4.78 is 6.48. The van der Waals surface area contributed by atoms with Crippen molar-refractivity contribution >= 4 is 62.1 Å². The minimum Gasteiger partial charge on any atom is -0.477 e. The fraction of sp³-hybridized carbons (Fsp3) is 0.333. The van der Waals surface area contributed by atoms with Crippen LogP contribution in [0.2, 0.25) is 0 Å². The van der Waals surface area contributed by atoms with Crippen LogP contribution in [0, 0.1) is 0 Å². The van der Waals surface area contributed by atoms with E-state index in [1.807, 2.05) is 30.3 Å². The van der Waals surface area contributed by atoms with E-state index in [1.165, 1.54) is 29.2 Å². The summed E-state index contributed by atoms with van der Waals surface area (Å²) >= 11 is 2.73. The van der Waals surface area contributed by atoms with Crippen LogP contribution in [0.25, 0.3) is 10.1 Å². The van der Waals surface area contributed by atoms with E-state index in [0.29, 0.717) is 5.57 Å². The Morgan fingerprint density at radius 3 is 2.66 bits per heavy atom. The lowest BCUT2D eigenvalue weighted by atomic mass is 10.0. The number of thiophene rings is 1. The molecular formula is C24H25N3O6S2. The number of carbonyl (C=O) groups is 4. The number of aliphatic carboxylic acids is 1. The number of rotatable bonds is 6. The van der Waals surface area contributed by atoms with Gasteiger partial charge in [-0.25, -0.2) is 14.5 Å². The highest BCUT2D eigenvalue weighted by Crippen LogP contribution is 2.43. The van der Waals surface area contributed by atoms with Crippen molar-refractivity contribution in [1.29, 1.82) is 0 Å². The molecule has 11 heteroatoms. The van der Waals surface area contributed by atoms with Gasteiger partial charge in [0.2, 0.25) is 0 Å². The predicted octanol–water partition coefficient (Wildman–Crippen LogP) is 3.89. The van der Waals surface area contributed by atoms with Gasteiger partial charge in [-0.1, -0.05) is 30.9 Å². The smallest absolute Gasteiger partial charge is 0.417 e. The Morgan fingerprint density at radius 2 is 2.03 bits per heavy atom. The molecule has 2 atom stereocenters. The monoisotopic (exact) mass is 515 g/mol. The van der Waals surface area contributed by atoms with E-state index in [1.54, 1.807) is 20.8 Å². The summed E-state index contributed by atoms with van der Waals surface area (Å²) in [5.74, 6) is -2.28. The van der Waals surface area contributed by atoms with E-state index in [-0.39, 0.29) is 18.0 Å². The number of carboxylic acids is 1. The third-order valence-corrected chi connectivity index (χ3v) is 7.76. The largest absolute Gasteiger partial charge is 0.477 e. The lowest BCUT2D eigenvalue weighted by Gasteiger charge is -2.51. The topological polar surface area (TPSA) is 116 Å². The molecule has 0 bridgehead atoms. The molecule has 1 unspecified atom stereocenters. The number of nitrogens with zero attached hydrogens (tertiary/aromatic N) is 2. The number of nitrogens with one attached hydrogen (secondary N) is 1. The van der Waals surface area contributed by atoms with E-state index >= 15 is 0 Å². The number of anilines is 1. The highest BCUT2D eigenvalue weighted by molar-refractivity contribution is 8.00. The van der Waals surface area contributed by atoms with Gasteiger partial charge in [-0.15, -0.1) is 23.1 Å². The zero-order chi connectivity index (χ0) is 25.5. The summed E-state index contributed by atoms with van der Waals surface area (Å²) in [7, 11) is 0. The van der Waals surface area contributed by atoms with Crippen LogP contribution in [0.15, 0.2) is 54.3 Å². The van der Waals surface area contributed by atoms with Crippen molar-refractivity contribution < 1.29 is 29.0 Å². The maximum absolute atomic E-state index is 13.3. The molecule has 35 heavy (non-hydrogen) atoms. The summed E-state index contributed by atoms with van der Waals surface area (Å²) in [6.45, 7) is 8.37. The molecule has 184 valence electrons. The number of fused-ring (bicyclic) bond motifs is 2. The van der Waals surface area contributed by atoms with E-state index in [4.69, 9.17) is 4.74 Å². The number of carbonyl (C=O) groups excluding carboxylic acids is 3. The summed E-state index contributed by atoms with van der Waals surface area (Å²) in [6.07, 6.45) is 0.452. The molecule has 2 aliphatic rings. The molecule has 1 fully saturated rings. The van der Waals surface area contributed by atoms with Crippen LogP contribution in [0.3, 0.4) is 0 Å². The normalized spacial score (nSPS) is 19.6. The number of allylic oxidation sites excluding steroid dienone is 1. The zero-order valence-corrected chi connectivity index (χ0v) is 21.1. The lowest BCUT2D eigenvalue weighted by Crippen LogP contribution is -2.72. The summed E-state index contributed by atoms with van der Waals surface area (Å²) in [4.78, 5) is 53.3. The number of imide groups is 1. The molecule has 2 N–H and O–H groups in total. The van der Waals surface area contributed by atoms with Gasteiger partial charge in [-0.3, -0.25) is 14.5 Å². The Balaban J connectivity index is 1.58. The number of benzene rings is 1. The molecule has 1 aromatic heterocycles. The van der Waals surface area contributed by atoms with E-state index in [2.05, 4.69) is 11.9 Å². The second-order valence-corrected chi connectivity index (χ2v) is 11.2. The predicted molar refractivity (Wildman–Crippen MR) is 135 cm³/mol. The van der Waals surface area contributed by atoms with Gasteiger partial charge in [0.05, 0.1) is 11.5 Å². The molecule has 3 amide bonds. The van der Waals surface area contributed by atoms with Gasteiger partial charge in [0, 0.05) is 10.5 Å². The Morgan fingerprint density at radius 1 is 1.31 bits per heavy atom. The van der Waals surface area contributed by atoms with Crippen molar-refractivity contribution in [3.05, 3.63) is 54.3 Å². The molecule has 0 radical (unpaired) electrons. The zero-order valence-electron chi connectivity index (χ0n) is 19.4. The van der Waals surface area contributed by atoms with Crippen LogP contribution in [0.1, 0.15) is 20.8 Å². The fourth-order valence-corrected chi connectivity index (χ4v) is 6.23. The van der Waals surface area contributed by atoms with Crippen LogP contribution in [-0.2, 0) is 19.1 Å². The highest BCUT2D eigenvalue weighted by Gasteiger charge is 2.58. The number of amides is 3. The van der Waals surface area contributed by atoms with Gasteiger partial charge in [-0.2, -0.15) is 0 Å². The molecule has 3 heterocycles. The van der Waals surface area contributed by atoms with Crippen molar-refractivity contribution in [3.63, 3.8) is 0 Å². The van der Waals surface area contributed by atoms with Gasteiger partial charge >= 0.3 is 12.1 Å². The van der Waals surface area contributed by atoms with Gasteiger partial charge < -0.3 is 15.2 Å². The van der Waals surface area contributed by atoms with Crippen molar-refractivity contribution in [2.75, 3.05) is 17.6 Å². The molecule has 1 aromatic carbocycles. The lowest BCUT2D eigenvalue weighted by molar-refractivity contribution is -0.158. The Hall–Kier alpha value is -3.31. The number of carboxylic acid groups (broad SMARTS) is 1. The second kappa shape index (κ2) is 9.38. The minimum absolute atomic E-state index is 0.176. The quantitative estimate of drug-likeness (QED) is 0.557. The molecule has 2 aromatic rings. The summed E-state index contributed by atoms with van der Waals surface area (Å²) in [6, 6.07) is 8.49. The van der Waals surface area contributed by atoms with Crippen molar-refractivity contribution in [2.45, 2.75) is 37.8 Å². The van der Waals surface area contributed by atoms with E-state index < -0.39 is 40.9 Å². The van der Waals surface area contributed by atoms with Crippen molar-refractivity contribution in [1.82, 2.24) is 9.80 Å². The molecule has 2 aliphatic heterocycles. The molecule has 9 nitrogen and oxygen atoms in total. The summed E-state index contributed by atoms with van der Waals surface area (Å²) in [5, 5.41) is 13.7. The van der Waals surface area contributed by atoms with Gasteiger partial charge in [0.1, 0.15) is 16.7 Å². The standard InChI is InChI=1S/C24H25N3O6S2/c1-5-13-12-34-21-19(20(29)27(21)18(13)22(30)31)26(23(32)33-24(2,3)4)17(28)11-25-16-10-14-8-6-7-9-15(14)35-16/h5-10,19,21,25H,1,11-12H2,2-4H3,(H,30,31)/t19?,21-/m1/s1. The highest BCUT2D eigenvalue weighted by atomic mass is 32.2. The maximum Gasteiger partial charge on any atom is 0.417 e. The maximum atomic E-state index is 13.3. The Labute approximate surface area is 210 Å². The molecular weight excluding hydrogens is 490 g/mol. The van der Waals surface area contributed by atoms with Crippen LogP contribution in [-0.4, -0.2) is 68.1 Å². The average molecular weight is 516 g/mol. The molecule has 0 saturated carbocycles. The molecule has 0 aliphatic carbocycles. The third kappa shape index (κ3) is 4.78. The number of hydrogen-bond donors (Lipinski definition) is 2. The van der Waals surface area contributed by atoms with Gasteiger partial charge in [0.15, 0.2) is 6.04 Å². The first-order chi connectivity index (χ1) is 16.5. The average Bonchev–Trinajstić information content (AvgIpc) is 3.21. The van der Waals surface area contributed by atoms with Gasteiger partial charge in [-0.05, 0) is 43.9 Å². The number of β-lactam (4-membered cyclic amide) rings is 1. The Bertz CT molecular complexity index is 1230. The first-order valence-corrected chi connectivity index (χ1v) is 12.7. The first-order valence-electron chi connectivity index (χ1n) is 10.8. The second-order valence-electron chi connectivity index (χ2n) is 8.98. The van der Waals surface area contributed by atoms with E-state index in [9.17, 15) is 24.3 Å². The third-order valence-electron chi connectivity index (χ3n) is 5.40. The van der Waals surface area contributed by atoms with Crippen molar-refractivity contribution in [2.24, 2.45) is 0 Å². The minimum atomic E-state index is -1.27. The molecule has 4 rings (SSSR count). The Kier molecular flexibility index (Phi) is 6.65. The number of thioether (sulfide) groups is 1. The number of ether oxygens (including phenoxy) is 1. The number of hydrogen-bond acceptors (Lipinski definition) is 8. The van der Waals surface area contributed by atoms with Crippen molar-refractivity contribution in [3.8, 4) is 0 Å². The van der Waals surface area contributed by atoms with Gasteiger partial charge in [0.25, 0.3) is 11.8 Å². The molecule has 1 saturated heterocycles. The van der Waals surface area contributed by atoms with E-state index in [0.717, 1.165) is 24.9 Å². The SMILES string of the molecule is C=CC1=C(C(=O)O)N2C(=O)C(N(C(=O)CNc3cc4ccccc4s3)C(=O)OC(C)(C)C)[C@H]2SC1. The summed E-state index contributed by atoms with van der Waals surface area (Å²) in [5.41, 5.74) is -0.667. The van der Waals surface area contributed by atoms with Crippen LogP contribution >= 0.6 is 23.1 Å². The van der Waals surface area contributed by atoms with Crippen LogP contribution in [0.4, 0.5) is 9.80 Å². The first kappa shape index (κ1) is 24.8. The van der Waals surface area contributed by atoms with Crippen LogP contribution in [0.5, 0.6) is 0 Å². The molecule has 0 spiro atoms. The fourth-order valence-electron chi connectivity index (χ4n) is 3.88.